The number of nitrogens with one attached hydrogen (secondary N) is 1. The second-order valence-corrected chi connectivity index (χ2v) is 6.31. The van der Waals surface area contributed by atoms with E-state index in [0.717, 1.165) is 25.3 Å². The number of thioether (sulfide) groups is 1. The lowest BCUT2D eigenvalue weighted by Gasteiger charge is -2.25. The third-order valence-corrected chi connectivity index (χ3v) is 4.45. The van der Waals surface area contributed by atoms with E-state index in [4.69, 9.17) is 0 Å². The fourth-order valence-corrected chi connectivity index (χ4v) is 3.28. The Morgan fingerprint density at radius 3 is 3.11 bits per heavy atom. The number of hydrogen-bond acceptors (Lipinski definition) is 4. The van der Waals surface area contributed by atoms with Crippen LogP contribution in [0.1, 0.15) is 31.0 Å². The molecule has 4 heteroatoms. The summed E-state index contributed by atoms with van der Waals surface area (Å²) < 4.78 is 0. The van der Waals surface area contributed by atoms with Gasteiger partial charge in [0.25, 0.3) is 0 Å². The summed E-state index contributed by atoms with van der Waals surface area (Å²) in [4.78, 5) is 7.00. The van der Waals surface area contributed by atoms with Crippen LogP contribution in [-0.2, 0) is 6.54 Å². The van der Waals surface area contributed by atoms with Crippen LogP contribution in [0.5, 0.6) is 0 Å². The SMILES string of the molecule is CCCNCc1cnc(C)cc1N1CCCSCC1. The summed E-state index contributed by atoms with van der Waals surface area (Å²) in [6.07, 6.45) is 4.51. The predicted octanol–water partition coefficient (Wildman–Crippen LogP) is 2.83. The molecule has 0 bridgehead atoms. The van der Waals surface area contributed by atoms with E-state index in [0.29, 0.717) is 0 Å². The van der Waals surface area contributed by atoms with Crippen LogP contribution in [0.3, 0.4) is 0 Å². The van der Waals surface area contributed by atoms with Crippen molar-refractivity contribution in [3.05, 3.63) is 23.5 Å². The van der Waals surface area contributed by atoms with E-state index in [9.17, 15) is 0 Å². The van der Waals surface area contributed by atoms with E-state index in [1.54, 1.807) is 0 Å². The van der Waals surface area contributed by atoms with Gasteiger partial charge in [0.1, 0.15) is 0 Å². The van der Waals surface area contributed by atoms with Gasteiger partial charge in [-0.1, -0.05) is 6.92 Å². The van der Waals surface area contributed by atoms with E-state index in [1.807, 2.05) is 6.20 Å². The minimum Gasteiger partial charge on any atom is -0.370 e. The molecule has 1 saturated heterocycles. The molecule has 0 spiro atoms. The normalized spacial score (nSPS) is 16.4. The summed E-state index contributed by atoms with van der Waals surface area (Å²) in [5.74, 6) is 2.53. The molecule has 2 rings (SSSR count). The maximum absolute atomic E-state index is 4.46. The van der Waals surface area contributed by atoms with Crippen molar-refractivity contribution >= 4 is 17.4 Å². The van der Waals surface area contributed by atoms with E-state index >= 15 is 0 Å². The van der Waals surface area contributed by atoms with Gasteiger partial charge < -0.3 is 10.2 Å². The number of aromatic nitrogens is 1. The van der Waals surface area contributed by atoms with Gasteiger partial charge in [0, 0.05) is 48.5 Å². The number of pyridine rings is 1. The van der Waals surface area contributed by atoms with Gasteiger partial charge in [-0.2, -0.15) is 11.8 Å². The van der Waals surface area contributed by atoms with Gasteiger partial charge in [0.2, 0.25) is 0 Å². The second kappa shape index (κ2) is 7.75. The van der Waals surface area contributed by atoms with Gasteiger partial charge >= 0.3 is 0 Å². The first-order valence-corrected chi connectivity index (χ1v) is 8.45. The van der Waals surface area contributed by atoms with Crippen molar-refractivity contribution in [3.63, 3.8) is 0 Å². The molecule has 1 aliphatic rings. The molecule has 0 aromatic carbocycles. The monoisotopic (exact) mass is 279 g/mol. The molecule has 0 aliphatic carbocycles. The fourth-order valence-electron chi connectivity index (χ4n) is 2.39. The Morgan fingerprint density at radius 1 is 1.37 bits per heavy atom. The van der Waals surface area contributed by atoms with Crippen LogP contribution in [0.25, 0.3) is 0 Å². The third kappa shape index (κ3) is 4.39. The van der Waals surface area contributed by atoms with Crippen LogP contribution in [0.2, 0.25) is 0 Å². The molecule has 3 nitrogen and oxygen atoms in total. The van der Waals surface area contributed by atoms with Crippen LogP contribution >= 0.6 is 11.8 Å². The van der Waals surface area contributed by atoms with E-state index in [2.05, 4.69) is 46.9 Å². The van der Waals surface area contributed by atoms with Crippen molar-refractivity contribution in [1.82, 2.24) is 10.3 Å². The summed E-state index contributed by atoms with van der Waals surface area (Å²) in [5.41, 5.74) is 3.84. The average molecular weight is 279 g/mol. The molecule has 19 heavy (non-hydrogen) atoms. The smallest absolute Gasteiger partial charge is 0.0445 e. The van der Waals surface area contributed by atoms with Gasteiger partial charge in [-0.15, -0.1) is 0 Å². The van der Waals surface area contributed by atoms with E-state index in [-0.39, 0.29) is 0 Å². The number of rotatable bonds is 5. The zero-order valence-corrected chi connectivity index (χ0v) is 12.9. The molecule has 1 fully saturated rings. The van der Waals surface area contributed by atoms with Gasteiger partial charge in [0.15, 0.2) is 0 Å². The Morgan fingerprint density at radius 2 is 2.26 bits per heavy atom. The third-order valence-electron chi connectivity index (χ3n) is 3.40. The standard InChI is InChI=1S/C15H25N3S/c1-3-5-16-11-14-12-17-13(2)10-15(14)18-6-4-8-19-9-7-18/h10,12,16H,3-9,11H2,1-2H3. The van der Waals surface area contributed by atoms with Crippen molar-refractivity contribution in [1.29, 1.82) is 0 Å². The molecule has 0 unspecified atom stereocenters. The number of aryl methyl sites for hydroxylation is 1. The largest absolute Gasteiger partial charge is 0.370 e. The van der Waals surface area contributed by atoms with Crippen LogP contribution in [0.4, 0.5) is 5.69 Å². The minimum absolute atomic E-state index is 0.931. The molecule has 1 aromatic rings. The molecular weight excluding hydrogens is 254 g/mol. The predicted molar refractivity (Wildman–Crippen MR) is 85.1 cm³/mol. The van der Waals surface area contributed by atoms with Crippen LogP contribution in [0, 0.1) is 6.92 Å². The van der Waals surface area contributed by atoms with Crippen LogP contribution in [-0.4, -0.2) is 36.1 Å². The summed E-state index contributed by atoms with van der Waals surface area (Å²) >= 11 is 2.07. The highest BCUT2D eigenvalue weighted by molar-refractivity contribution is 7.99. The molecular formula is C15H25N3S. The summed E-state index contributed by atoms with van der Waals surface area (Å²) in [6.45, 7) is 8.63. The molecule has 0 atom stereocenters. The highest BCUT2D eigenvalue weighted by atomic mass is 32.2. The van der Waals surface area contributed by atoms with Gasteiger partial charge in [0.05, 0.1) is 0 Å². The summed E-state index contributed by atoms with van der Waals surface area (Å²) in [7, 11) is 0. The van der Waals surface area contributed by atoms with E-state index in [1.165, 1.54) is 42.1 Å². The highest BCUT2D eigenvalue weighted by Crippen LogP contribution is 2.23. The van der Waals surface area contributed by atoms with Gasteiger partial charge in [-0.05, 0) is 38.1 Å². The maximum Gasteiger partial charge on any atom is 0.0445 e. The number of anilines is 1. The molecule has 0 amide bonds. The molecule has 0 radical (unpaired) electrons. The Kier molecular flexibility index (Phi) is 5.98. The number of hydrogen-bond donors (Lipinski definition) is 1. The molecule has 2 heterocycles. The maximum atomic E-state index is 4.46. The first-order chi connectivity index (χ1) is 9.31. The lowest BCUT2D eigenvalue weighted by atomic mass is 10.1. The Bertz CT molecular complexity index is 387. The average Bonchev–Trinajstić information content (AvgIpc) is 2.69. The zero-order chi connectivity index (χ0) is 13.5. The van der Waals surface area contributed by atoms with Crippen molar-refractivity contribution in [2.75, 3.05) is 36.0 Å². The lowest BCUT2D eigenvalue weighted by Crippen LogP contribution is -2.28. The fraction of sp³-hybridized carbons (Fsp3) is 0.667. The van der Waals surface area contributed by atoms with Crippen molar-refractivity contribution in [2.24, 2.45) is 0 Å². The van der Waals surface area contributed by atoms with Crippen molar-refractivity contribution < 1.29 is 0 Å². The summed E-state index contributed by atoms with van der Waals surface area (Å²) in [6, 6.07) is 2.25. The van der Waals surface area contributed by atoms with Crippen LogP contribution in [0.15, 0.2) is 12.3 Å². The topological polar surface area (TPSA) is 28.2 Å². The Hall–Kier alpha value is -0.740. The molecule has 1 N–H and O–H groups in total. The van der Waals surface area contributed by atoms with Crippen molar-refractivity contribution in [3.8, 4) is 0 Å². The minimum atomic E-state index is 0.931. The molecule has 106 valence electrons. The first-order valence-electron chi connectivity index (χ1n) is 7.30. The summed E-state index contributed by atoms with van der Waals surface area (Å²) in [5, 5.41) is 3.49. The highest BCUT2D eigenvalue weighted by Gasteiger charge is 2.14. The Labute approximate surface area is 121 Å². The van der Waals surface area contributed by atoms with Crippen LogP contribution < -0.4 is 10.2 Å². The zero-order valence-electron chi connectivity index (χ0n) is 12.1. The molecule has 1 aliphatic heterocycles. The number of nitrogens with zero attached hydrogens (tertiary/aromatic N) is 2. The van der Waals surface area contributed by atoms with Gasteiger partial charge in [-0.3, -0.25) is 4.98 Å². The molecule has 1 aromatic heterocycles. The Balaban J connectivity index is 2.13. The lowest BCUT2D eigenvalue weighted by molar-refractivity contribution is 0.670. The van der Waals surface area contributed by atoms with Gasteiger partial charge in [-0.25, -0.2) is 0 Å². The quantitative estimate of drug-likeness (QED) is 0.839. The second-order valence-electron chi connectivity index (χ2n) is 5.08. The first kappa shape index (κ1) is 14.7. The molecule has 0 saturated carbocycles. The van der Waals surface area contributed by atoms with E-state index < -0.39 is 0 Å². The van der Waals surface area contributed by atoms with Crippen molar-refractivity contribution in [2.45, 2.75) is 33.2 Å².